The molecule has 1 saturated heterocycles. The molecule has 1 atom stereocenters. The minimum atomic E-state index is -0.398. The number of nitro groups is 1. The van der Waals surface area contributed by atoms with Gasteiger partial charge in [0.25, 0.3) is 5.69 Å². The summed E-state index contributed by atoms with van der Waals surface area (Å²) in [4.78, 5) is 22.4. The first-order valence-electron chi connectivity index (χ1n) is 9.72. The smallest absolute Gasteiger partial charge is 0.270 e. The maximum atomic E-state index is 11.1. The zero-order chi connectivity index (χ0) is 20.7. The van der Waals surface area contributed by atoms with Crippen LogP contribution >= 0.6 is 0 Å². The van der Waals surface area contributed by atoms with Gasteiger partial charge in [0.1, 0.15) is 5.82 Å². The van der Waals surface area contributed by atoms with Gasteiger partial charge >= 0.3 is 0 Å². The largest absolute Gasteiger partial charge is 0.349 e. The molecule has 2 aromatic heterocycles. The molecular weight excluding hydrogens is 368 g/mol. The molecule has 1 aromatic carbocycles. The monoisotopic (exact) mass is 392 g/mol. The summed E-state index contributed by atoms with van der Waals surface area (Å²) in [5.41, 5.74) is 5.00. The van der Waals surface area contributed by atoms with Gasteiger partial charge in [0.15, 0.2) is 5.82 Å². The van der Waals surface area contributed by atoms with E-state index in [2.05, 4.69) is 28.8 Å². The van der Waals surface area contributed by atoms with Crippen LogP contribution in [0.15, 0.2) is 30.3 Å². The number of nitrogens with zero attached hydrogens (tertiary/aromatic N) is 6. The molecule has 1 aliphatic rings. The predicted octanol–water partition coefficient (Wildman–Crippen LogP) is 4.05. The van der Waals surface area contributed by atoms with E-state index in [1.165, 1.54) is 23.4 Å². The number of anilines is 1. The standard InChI is InChI=1S/C21H24N6O2/c1-13-11-19(23-21(22-13)16-7-5-8-17(12-16)27(28)29)26-10-6-9-18(26)20-14(2)24-25(4)15(20)3/h5,7-8,11-12,18H,6,9-10H2,1-4H3. The summed E-state index contributed by atoms with van der Waals surface area (Å²) >= 11 is 0. The molecule has 1 aliphatic heterocycles. The van der Waals surface area contributed by atoms with Crippen LogP contribution in [0.2, 0.25) is 0 Å². The topological polar surface area (TPSA) is 90.0 Å². The molecule has 8 heteroatoms. The van der Waals surface area contributed by atoms with Gasteiger partial charge in [0, 0.05) is 54.3 Å². The lowest BCUT2D eigenvalue weighted by Crippen LogP contribution is -2.25. The lowest BCUT2D eigenvalue weighted by molar-refractivity contribution is -0.384. The van der Waals surface area contributed by atoms with Crippen LogP contribution in [-0.4, -0.2) is 31.2 Å². The van der Waals surface area contributed by atoms with Gasteiger partial charge in [-0.1, -0.05) is 12.1 Å². The van der Waals surface area contributed by atoms with Gasteiger partial charge in [0.05, 0.1) is 16.7 Å². The molecular formula is C21H24N6O2. The first-order valence-corrected chi connectivity index (χ1v) is 9.72. The van der Waals surface area contributed by atoms with E-state index in [0.717, 1.165) is 36.6 Å². The van der Waals surface area contributed by atoms with Crippen LogP contribution in [0.3, 0.4) is 0 Å². The summed E-state index contributed by atoms with van der Waals surface area (Å²) in [7, 11) is 1.97. The summed E-state index contributed by atoms with van der Waals surface area (Å²) in [5.74, 6) is 1.36. The van der Waals surface area contributed by atoms with Crippen molar-refractivity contribution in [1.29, 1.82) is 0 Å². The van der Waals surface area contributed by atoms with Gasteiger partial charge in [-0.3, -0.25) is 14.8 Å². The molecule has 150 valence electrons. The Hall–Kier alpha value is -3.29. The first kappa shape index (κ1) is 19.0. The third-order valence-electron chi connectivity index (χ3n) is 5.60. The molecule has 0 spiro atoms. The fourth-order valence-corrected chi connectivity index (χ4v) is 4.20. The number of non-ortho nitro benzene ring substituents is 1. The van der Waals surface area contributed by atoms with Crippen molar-refractivity contribution in [2.45, 2.75) is 39.7 Å². The number of nitro benzene ring substituents is 1. The van der Waals surface area contributed by atoms with Crippen LogP contribution in [0.1, 0.15) is 41.5 Å². The number of aromatic nitrogens is 4. The molecule has 1 fully saturated rings. The molecule has 0 bridgehead atoms. The van der Waals surface area contributed by atoms with E-state index in [4.69, 9.17) is 4.98 Å². The van der Waals surface area contributed by atoms with Crippen molar-refractivity contribution in [1.82, 2.24) is 19.7 Å². The SMILES string of the molecule is Cc1cc(N2CCCC2c2c(C)nn(C)c2C)nc(-c2cccc([N+](=O)[O-])c2)n1. The Balaban J connectivity index is 1.75. The van der Waals surface area contributed by atoms with Gasteiger partial charge < -0.3 is 4.90 Å². The normalized spacial score (nSPS) is 16.4. The quantitative estimate of drug-likeness (QED) is 0.491. The van der Waals surface area contributed by atoms with E-state index in [1.807, 2.05) is 30.8 Å². The van der Waals surface area contributed by atoms with Crippen LogP contribution < -0.4 is 4.90 Å². The summed E-state index contributed by atoms with van der Waals surface area (Å²) < 4.78 is 1.93. The Labute approximate surface area is 169 Å². The second kappa shape index (κ2) is 7.27. The van der Waals surface area contributed by atoms with Crippen molar-refractivity contribution in [2.75, 3.05) is 11.4 Å². The molecule has 0 radical (unpaired) electrons. The van der Waals surface area contributed by atoms with E-state index in [9.17, 15) is 10.1 Å². The van der Waals surface area contributed by atoms with Crippen LogP contribution in [0.5, 0.6) is 0 Å². The Morgan fingerprint density at radius 2 is 1.97 bits per heavy atom. The van der Waals surface area contributed by atoms with Crippen LogP contribution in [0, 0.1) is 30.9 Å². The molecule has 0 N–H and O–H groups in total. The average molecular weight is 392 g/mol. The summed E-state index contributed by atoms with van der Waals surface area (Å²) in [6, 6.07) is 8.68. The highest BCUT2D eigenvalue weighted by Gasteiger charge is 2.31. The second-order valence-corrected chi connectivity index (χ2v) is 7.56. The lowest BCUT2D eigenvalue weighted by Gasteiger charge is -2.27. The number of aryl methyl sites for hydroxylation is 3. The molecule has 8 nitrogen and oxygen atoms in total. The first-order chi connectivity index (χ1) is 13.8. The molecule has 4 rings (SSSR count). The van der Waals surface area contributed by atoms with Crippen molar-refractivity contribution in [3.8, 4) is 11.4 Å². The highest BCUT2D eigenvalue weighted by atomic mass is 16.6. The zero-order valence-corrected chi connectivity index (χ0v) is 17.1. The second-order valence-electron chi connectivity index (χ2n) is 7.56. The summed E-state index contributed by atoms with van der Waals surface area (Å²) in [6.07, 6.45) is 2.12. The molecule has 29 heavy (non-hydrogen) atoms. The Bertz CT molecular complexity index is 1090. The Morgan fingerprint density at radius 3 is 2.66 bits per heavy atom. The van der Waals surface area contributed by atoms with Gasteiger partial charge in [-0.2, -0.15) is 5.10 Å². The van der Waals surface area contributed by atoms with Crippen LogP contribution in [0.4, 0.5) is 11.5 Å². The lowest BCUT2D eigenvalue weighted by atomic mass is 10.0. The van der Waals surface area contributed by atoms with Crippen molar-refractivity contribution >= 4 is 11.5 Å². The van der Waals surface area contributed by atoms with Crippen molar-refractivity contribution < 1.29 is 4.92 Å². The third kappa shape index (κ3) is 3.46. The van der Waals surface area contributed by atoms with Crippen LogP contribution in [-0.2, 0) is 7.05 Å². The number of benzene rings is 1. The number of hydrogen-bond acceptors (Lipinski definition) is 6. The minimum Gasteiger partial charge on any atom is -0.349 e. The van der Waals surface area contributed by atoms with Gasteiger partial charge in [-0.15, -0.1) is 0 Å². The van der Waals surface area contributed by atoms with Crippen molar-refractivity contribution in [2.24, 2.45) is 7.05 Å². The molecule has 1 unspecified atom stereocenters. The van der Waals surface area contributed by atoms with Crippen LogP contribution in [0.25, 0.3) is 11.4 Å². The van der Waals surface area contributed by atoms with Crippen molar-refractivity contribution in [3.05, 3.63) is 63.1 Å². The Kier molecular flexibility index (Phi) is 4.77. The number of rotatable bonds is 4. The fraction of sp³-hybridized carbons (Fsp3) is 0.381. The minimum absolute atomic E-state index is 0.0369. The molecule has 3 aromatic rings. The van der Waals surface area contributed by atoms with E-state index < -0.39 is 4.92 Å². The molecule has 0 saturated carbocycles. The number of hydrogen-bond donors (Lipinski definition) is 0. The molecule has 3 heterocycles. The van der Waals surface area contributed by atoms with Crippen molar-refractivity contribution in [3.63, 3.8) is 0 Å². The third-order valence-corrected chi connectivity index (χ3v) is 5.60. The van der Waals surface area contributed by atoms with E-state index in [0.29, 0.717) is 11.4 Å². The maximum absolute atomic E-state index is 11.1. The average Bonchev–Trinajstić information content (AvgIpc) is 3.25. The fourth-order valence-electron chi connectivity index (χ4n) is 4.20. The van der Waals surface area contributed by atoms with E-state index in [1.54, 1.807) is 6.07 Å². The predicted molar refractivity (Wildman–Crippen MR) is 111 cm³/mol. The summed E-state index contributed by atoms with van der Waals surface area (Å²) in [5, 5.41) is 15.7. The van der Waals surface area contributed by atoms with E-state index >= 15 is 0 Å². The Morgan fingerprint density at radius 1 is 1.17 bits per heavy atom. The molecule has 0 aliphatic carbocycles. The maximum Gasteiger partial charge on any atom is 0.270 e. The zero-order valence-electron chi connectivity index (χ0n) is 17.1. The van der Waals surface area contributed by atoms with E-state index in [-0.39, 0.29) is 11.7 Å². The van der Waals surface area contributed by atoms with Gasteiger partial charge in [0.2, 0.25) is 0 Å². The highest BCUT2D eigenvalue weighted by molar-refractivity contribution is 5.62. The highest BCUT2D eigenvalue weighted by Crippen LogP contribution is 2.38. The van der Waals surface area contributed by atoms with Gasteiger partial charge in [-0.25, -0.2) is 9.97 Å². The molecule has 0 amide bonds. The van der Waals surface area contributed by atoms with Gasteiger partial charge in [-0.05, 0) is 33.6 Å². The summed E-state index contributed by atoms with van der Waals surface area (Å²) in [6.45, 7) is 6.99.